The van der Waals surface area contributed by atoms with Gasteiger partial charge in [0.05, 0.1) is 12.3 Å². The lowest BCUT2D eigenvalue weighted by molar-refractivity contribution is -0.113. The molecule has 0 unspecified atom stereocenters. The van der Waals surface area contributed by atoms with E-state index in [-0.39, 0.29) is 11.7 Å². The average molecular weight is 450 g/mol. The van der Waals surface area contributed by atoms with Crippen LogP contribution in [-0.2, 0) is 17.9 Å². The van der Waals surface area contributed by atoms with E-state index < -0.39 is 0 Å². The number of nitrogens with one attached hydrogen (secondary N) is 2. The average Bonchev–Trinajstić information content (AvgIpc) is 3.11. The summed E-state index contributed by atoms with van der Waals surface area (Å²) in [6.45, 7) is 5.13. The Labute approximate surface area is 184 Å². The lowest BCUT2D eigenvalue weighted by Gasteiger charge is -2.10. The summed E-state index contributed by atoms with van der Waals surface area (Å²) in [5.41, 5.74) is 2.51. The van der Waals surface area contributed by atoms with Crippen LogP contribution in [0.1, 0.15) is 18.3 Å². The van der Waals surface area contributed by atoms with Crippen LogP contribution in [0.25, 0.3) is 0 Å². The van der Waals surface area contributed by atoms with Gasteiger partial charge in [0.25, 0.3) is 0 Å². The Bertz CT molecular complexity index is 991. The maximum Gasteiger partial charge on any atom is 0.234 e. The Hall–Kier alpha value is -2.22. The highest BCUT2D eigenvalue weighted by Crippen LogP contribution is 2.24. The van der Waals surface area contributed by atoms with Crippen molar-refractivity contribution in [2.75, 3.05) is 16.4 Å². The molecule has 0 spiro atoms. The normalized spacial score (nSPS) is 10.8. The van der Waals surface area contributed by atoms with Gasteiger partial charge in [0, 0.05) is 28.0 Å². The Morgan fingerprint density at radius 2 is 1.90 bits per heavy atom. The van der Waals surface area contributed by atoms with Gasteiger partial charge in [-0.2, -0.15) is 0 Å². The molecule has 152 valence electrons. The Morgan fingerprint density at radius 3 is 2.62 bits per heavy atom. The number of anilines is 2. The number of aromatic nitrogens is 3. The second-order valence-electron chi connectivity index (χ2n) is 6.25. The summed E-state index contributed by atoms with van der Waals surface area (Å²) in [7, 11) is 0. The minimum atomic E-state index is -0.119. The number of carbonyl (C=O) groups is 1. The number of halogens is 2. The van der Waals surface area contributed by atoms with E-state index in [2.05, 4.69) is 20.8 Å². The topological polar surface area (TPSA) is 71.8 Å². The number of hydrogen-bond acceptors (Lipinski definition) is 5. The predicted octanol–water partition coefficient (Wildman–Crippen LogP) is 5.26. The molecule has 0 radical (unpaired) electrons. The highest BCUT2D eigenvalue weighted by atomic mass is 35.5. The second kappa shape index (κ2) is 10.0. The molecular weight excluding hydrogens is 429 g/mol. The smallest absolute Gasteiger partial charge is 0.234 e. The summed E-state index contributed by atoms with van der Waals surface area (Å²) in [6, 6.07) is 12.9. The third kappa shape index (κ3) is 5.65. The first-order valence-electron chi connectivity index (χ1n) is 9.07. The first kappa shape index (κ1) is 21.5. The molecule has 2 N–H and O–H groups in total. The van der Waals surface area contributed by atoms with Crippen LogP contribution in [0.4, 0.5) is 11.4 Å². The van der Waals surface area contributed by atoms with Crippen molar-refractivity contribution in [2.24, 2.45) is 0 Å². The summed E-state index contributed by atoms with van der Waals surface area (Å²) in [4.78, 5) is 12.3. The molecule has 3 aromatic rings. The number of amides is 1. The fourth-order valence-corrected chi connectivity index (χ4v) is 3.80. The molecule has 0 aliphatic heterocycles. The molecule has 2 aromatic carbocycles. The van der Waals surface area contributed by atoms with Gasteiger partial charge >= 0.3 is 0 Å². The zero-order valence-electron chi connectivity index (χ0n) is 16.1. The van der Waals surface area contributed by atoms with Gasteiger partial charge in [-0.3, -0.25) is 4.79 Å². The summed E-state index contributed by atoms with van der Waals surface area (Å²) >= 11 is 13.4. The van der Waals surface area contributed by atoms with Gasteiger partial charge in [-0.15, -0.1) is 10.2 Å². The molecule has 0 atom stereocenters. The molecule has 1 amide bonds. The van der Waals surface area contributed by atoms with Crippen molar-refractivity contribution in [3.8, 4) is 0 Å². The zero-order valence-corrected chi connectivity index (χ0v) is 18.4. The van der Waals surface area contributed by atoms with Crippen molar-refractivity contribution in [1.82, 2.24) is 14.8 Å². The summed E-state index contributed by atoms with van der Waals surface area (Å²) < 4.78 is 1.99. The van der Waals surface area contributed by atoms with Gasteiger partial charge in [-0.25, -0.2) is 0 Å². The maximum atomic E-state index is 12.3. The number of thioether (sulfide) groups is 1. The highest BCUT2D eigenvalue weighted by molar-refractivity contribution is 7.99. The quantitative estimate of drug-likeness (QED) is 0.459. The number of carbonyl (C=O) groups excluding carboxylic acids is 1. The number of rotatable bonds is 8. The largest absolute Gasteiger partial charge is 0.378 e. The van der Waals surface area contributed by atoms with Crippen molar-refractivity contribution < 1.29 is 4.79 Å². The fourth-order valence-electron chi connectivity index (χ4n) is 2.68. The summed E-state index contributed by atoms with van der Waals surface area (Å²) in [5, 5.41) is 16.7. The monoisotopic (exact) mass is 449 g/mol. The molecule has 0 saturated carbocycles. The van der Waals surface area contributed by atoms with Crippen molar-refractivity contribution in [3.05, 3.63) is 63.9 Å². The zero-order chi connectivity index (χ0) is 20.8. The van der Waals surface area contributed by atoms with Gasteiger partial charge in [0.15, 0.2) is 11.0 Å². The van der Waals surface area contributed by atoms with Crippen molar-refractivity contribution in [1.29, 1.82) is 0 Å². The van der Waals surface area contributed by atoms with Crippen LogP contribution in [0.2, 0.25) is 10.0 Å². The standard InChI is InChI=1S/C20H21Cl2N5OS/c1-3-27-18(11-23-15-9-7-14(21)8-10-15)25-26-20(27)29-12-19(28)24-17-6-4-5-16(22)13(17)2/h4-10,23H,3,11-12H2,1-2H3,(H,24,28). The SMILES string of the molecule is CCn1c(CNc2ccc(Cl)cc2)nnc1SCC(=O)Nc1cccc(Cl)c1C. The summed E-state index contributed by atoms with van der Waals surface area (Å²) in [6.07, 6.45) is 0. The van der Waals surface area contributed by atoms with E-state index in [1.807, 2.05) is 54.8 Å². The third-order valence-electron chi connectivity index (χ3n) is 4.28. The predicted molar refractivity (Wildman–Crippen MR) is 120 cm³/mol. The Kier molecular flexibility index (Phi) is 7.41. The molecule has 1 heterocycles. The maximum absolute atomic E-state index is 12.3. The van der Waals surface area contributed by atoms with Gasteiger partial charge in [-0.1, -0.05) is 41.0 Å². The number of nitrogens with zero attached hydrogens (tertiary/aromatic N) is 3. The van der Waals surface area contributed by atoms with Crippen LogP contribution < -0.4 is 10.6 Å². The molecule has 3 rings (SSSR count). The van der Waals surface area contributed by atoms with E-state index in [9.17, 15) is 4.79 Å². The van der Waals surface area contributed by atoms with Crippen LogP contribution >= 0.6 is 35.0 Å². The fraction of sp³-hybridized carbons (Fsp3) is 0.250. The van der Waals surface area contributed by atoms with Crippen LogP contribution in [0, 0.1) is 6.92 Å². The molecule has 1 aromatic heterocycles. The lowest BCUT2D eigenvalue weighted by Crippen LogP contribution is -2.15. The van der Waals surface area contributed by atoms with E-state index in [1.165, 1.54) is 11.8 Å². The van der Waals surface area contributed by atoms with Crippen molar-refractivity contribution in [2.45, 2.75) is 32.1 Å². The van der Waals surface area contributed by atoms with Crippen LogP contribution in [-0.4, -0.2) is 26.4 Å². The van der Waals surface area contributed by atoms with Gasteiger partial charge in [0.2, 0.25) is 5.91 Å². The molecule has 29 heavy (non-hydrogen) atoms. The molecule has 0 bridgehead atoms. The van der Waals surface area contributed by atoms with E-state index in [0.29, 0.717) is 34.0 Å². The minimum Gasteiger partial charge on any atom is -0.378 e. The van der Waals surface area contributed by atoms with Crippen LogP contribution in [0.5, 0.6) is 0 Å². The molecule has 0 fully saturated rings. The molecule has 0 saturated heterocycles. The highest BCUT2D eigenvalue weighted by Gasteiger charge is 2.14. The molecule has 0 aliphatic carbocycles. The van der Waals surface area contributed by atoms with Gasteiger partial charge < -0.3 is 15.2 Å². The van der Waals surface area contributed by atoms with Crippen LogP contribution in [0.3, 0.4) is 0 Å². The van der Waals surface area contributed by atoms with E-state index in [0.717, 1.165) is 17.1 Å². The number of hydrogen-bond donors (Lipinski definition) is 2. The van der Waals surface area contributed by atoms with Gasteiger partial charge in [0.1, 0.15) is 0 Å². The van der Waals surface area contributed by atoms with E-state index in [4.69, 9.17) is 23.2 Å². The second-order valence-corrected chi connectivity index (χ2v) is 8.04. The Morgan fingerprint density at radius 1 is 1.14 bits per heavy atom. The van der Waals surface area contributed by atoms with Crippen LogP contribution in [0.15, 0.2) is 47.6 Å². The molecular formula is C20H21Cl2N5OS. The minimum absolute atomic E-state index is 0.119. The lowest BCUT2D eigenvalue weighted by atomic mass is 10.2. The molecule has 9 heteroatoms. The Balaban J connectivity index is 1.58. The molecule has 6 nitrogen and oxygen atoms in total. The summed E-state index contributed by atoms with van der Waals surface area (Å²) in [5.74, 6) is 0.914. The van der Waals surface area contributed by atoms with Gasteiger partial charge in [-0.05, 0) is 55.8 Å². The first-order chi connectivity index (χ1) is 14.0. The third-order valence-corrected chi connectivity index (χ3v) is 5.91. The van der Waals surface area contributed by atoms with Crippen molar-refractivity contribution >= 4 is 52.2 Å². The number of benzene rings is 2. The van der Waals surface area contributed by atoms with E-state index in [1.54, 1.807) is 6.07 Å². The first-order valence-corrected chi connectivity index (χ1v) is 10.8. The van der Waals surface area contributed by atoms with Crippen molar-refractivity contribution in [3.63, 3.8) is 0 Å². The molecule has 0 aliphatic rings. The van der Waals surface area contributed by atoms with E-state index >= 15 is 0 Å².